The summed E-state index contributed by atoms with van der Waals surface area (Å²) in [7, 11) is -3.59. The highest BCUT2D eigenvalue weighted by atomic mass is 32.2. The fourth-order valence-electron chi connectivity index (χ4n) is 2.40. The molecule has 2 aromatic rings. The number of hydrogen-bond donors (Lipinski definition) is 5. The minimum atomic E-state index is -5.13. The summed E-state index contributed by atoms with van der Waals surface area (Å²) in [5, 5.41) is 19.0. The number of aromatic amines is 1. The summed E-state index contributed by atoms with van der Waals surface area (Å²) in [5.41, 5.74) is 2.33. The smallest absolute Gasteiger partial charge is 0.424 e. The number of alkyl halides is 3. The first-order valence-electron chi connectivity index (χ1n) is 7.82. The number of carboxylic acids is 1. The number of nitrogens with two attached hydrogens (primary N) is 1. The predicted octanol–water partition coefficient (Wildman–Crippen LogP) is 1.55. The second-order valence-electron chi connectivity index (χ2n) is 6.16. The van der Waals surface area contributed by atoms with Crippen molar-refractivity contribution in [1.29, 1.82) is 4.78 Å². The van der Waals surface area contributed by atoms with Crippen molar-refractivity contribution in [3.8, 4) is 0 Å². The van der Waals surface area contributed by atoms with Gasteiger partial charge in [0.15, 0.2) is 0 Å². The molecule has 8 nitrogen and oxygen atoms in total. The summed E-state index contributed by atoms with van der Waals surface area (Å²) in [5.74, 6) is -3.41. The van der Waals surface area contributed by atoms with Gasteiger partial charge in [-0.1, -0.05) is 12.1 Å². The van der Waals surface area contributed by atoms with Crippen molar-refractivity contribution < 1.29 is 32.4 Å². The van der Waals surface area contributed by atoms with E-state index in [1.54, 1.807) is 12.1 Å². The van der Waals surface area contributed by atoms with E-state index in [2.05, 4.69) is 9.97 Å². The maximum atomic E-state index is 13.6. The van der Waals surface area contributed by atoms with Crippen molar-refractivity contribution in [3.63, 3.8) is 0 Å². The molecule has 27 heavy (non-hydrogen) atoms. The fourth-order valence-corrected chi connectivity index (χ4v) is 3.86. The number of para-hydroxylation sites is 2. The number of nitrogens with one attached hydrogen (secondary N) is 2. The first kappa shape index (κ1) is 21.1. The molecule has 1 aromatic heterocycles. The number of halogens is 3. The minimum absolute atomic E-state index is 0.217. The number of carboxylic acid groups (broad SMARTS) is 1. The van der Waals surface area contributed by atoms with Crippen LogP contribution >= 0.6 is 0 Å². The van der Waals surface area contributed by atoms with Crippen molar-refractivity contribution in [2.45, 2.75) is 30.7 Å². The predicted molar refractivity (Wildman–Crippen MR) is 91.5 cm³/mol. The zero-order chi connectivity index (χ0) is 20.5. The van der Waals surface area contributed by atoms with Crippen molar-refractivity contribution in [2.24, 2.45) is 5.73 Å². The van der Waals surface area contributed by atoms with Crippen LogP contribution in [0, 0.1) is 4.78 Å². The van der Waals surface area contributed by atoms with Gasteiger partial charge in [-0.25, -0.2) is 9.19 Å². The molecule has 0 aliphatic heterocycles. The van der Waals surface area contributed by atoms with Crippen LogP contribution in [0.15, 0.2) is 24.3 Å². The summed E-state index contributed by atoms with van der Waals surface area (Å²) < 4.78 is 60.5. The Labute approximate surface area is 152 Å². The number of fused-ring (bicyclic) bond motifs is 1. The largest absolute Gasteiger partial charge is 0.480 e. The molecule has 3 atom stereocenters. The number of hydrogen-bond acceptors (Lipinski definition) is 6. The lowest BCUT2D eigenvalue weighted by Crippen LogP contribution is -2.44. The molecule has 0 fully saturated rings. The fraction of sp³-hybridized carbons (Fsp3) is 0.467. The molecule has 1 heterocycles. The molecule has 0 saturated heterocycles. The Kier molecular flexibility index (Phi) is 5.82. The number of aliphatic hydroxyl groups is 1. The molecule has 12 heteroatoms. The van der Waals surface area contributed by atoms with Gasteiger partial charge in [-0.2, -0.15) is 13.2 Å². The number of H-pyrrole nitrogens is 1. The monoisotopic (exact) mass is 408 g/mol. The summed E-state index contributed by atoms with van der Waals surface area (Å²) in [6.07, 6.45) is -6.53. The molecule has 6 N–H and O–H groups in total. The SMILES string of the molecule is N=S(=O)(CC[C@H](N)C(=O)O)CCC(O)(c1nc2ccccc2[nH]1)C(F)(F)F. The molecular formula is C15H19F3N4O4S. The average molecular weight is 408 g/mol. The Morgan fingerprint density at radius 2 is 1.96 bits per heavy atom. The van der Waals surface area contributed by atoms with Crippen LogP contribution in [0.25, 0.3) is 11.0 Å². The van der Waals surface area contributed by atoms with Gasteiger partial charge in [0, 0.05) is 27.7 Å². The highest BCUT2D eigenvalue weighted by molar-refractivity contribution is 7.92. The average Bonchev–Trinajstić information content (AvgIpc) is 3.01. The van der Waals surface area contributed by atoms with Gasteiger partial charge in [-0.15, -0.1) is 0 Å². The van der Waals surface area contributed by atoms with Crippen LogP contribution in [0.5, 0.6) is 0 Å². The zero-order valence-electron chi connectivity index (χ0n) is 14.0. The lowest BCUT2D eigenvalue weighted by molar-refractivity contribution is -0.270. The molecule has 0 aliphatic carbocycles. The standard InChI is InChI=1S/C15H19F3N4O4S/c16-15(17,18)14(25,13-21-10-3-1-2-4-11(10)22-13)6-8-27(20,26)7-5-9(19)12(23)24/h1-4,9,20,25H,5-8,19H2,(H,21,22)(H,23,24)/t9-,14?,27?/m0/s1. The molecule has 0 radical (unpaired) electrons. The van der Waals surface area contributed by atoms with E-state index >= 15 is 0 Å². The third-order valence-electron chi connectivity index (χ3n) is 4.12. The summed E-state index contributed by atoms with van der Waals surface area (Å²) >= 11 is 0. The number of aliphatic carboxylic acids is 1. The number of benzene rings is 1. The van der Waals surface area contributed by atoms with E-state index in [1.165, 1.54) is 12.1 Å². The van der Waals surface area contributed by atoms with E-state index < -0.39 is 57.3 Å². The number of imidazole rings is 1. The second-order valence-corrected chi connectivity index (χ2v) is 8.60. The van der Waals surface area contributed by atoms with Gasteiger partial charge >= 0.3 is 12.1 Å². The Bertz CT molecular complexity index is 896. The summed E-state index contributed by atoms with van der Waals surface area (Å²) in [6, 6.07) is 4.74. The number of aromatic nitrogens is 2. The van der Waals surface area contributed by atoms with E-state index in [9.17, 15) is 27.3 Å². The number of nitrogens with zero attached hydrogens (tertiary/aromatic N) is 1. The molecule has 0 spiro atoms. The van der Waals surface area contributed by atoms with E-state index in [4.69, 9.17) is 15.6 Å². The van der Waals surface area contributed by atoms with Crippen molar-refractivity contribution in [3.05, 3.63) is 30.1 Å². The number of rotatable bonds is 8. The van der Waals surface area contributed by atoms with Gasteiger partial charge in [-0.3, -0.25) is 9.57 Å². The molecular weight excluding hydrogens is 389 g/mol. The Morgan fingerprint density at radius 3 is 2.52 bits per heavy atom. The van der Waals surface area contributed by atoms with Crippen LogP contribution in [0.1, 0.15) is 18.7 Å². The van der Waals surface area contributed by atoms with Crippen LogP contribution in [-0.2, 0) is 20.1 Å². The molecule has 2 rings (SSSR count). The first-order chi connectivity index (χ1) is 12.4. The molecule has 0 aliphatic rings. The van der Waals surface area contributed by atoms with E-state index in [0.717, 1.165) is 0 Å². The summed E-state index contributed by atoms with van der Waals surface area (Å²) in [4.78, 5) is 16.8. The van der Waals surface area contributed by atoms with Gasteiger partial charge in [0.25, 0.3) is 0 Å². The topological polar surface area (TPSA) is 153 Å². The maximum Gasteiger partial charge on any atom is 0.424 e. The molecule has 0 saturated carbocycles. The van der Waals surface area contributed by atoms with Crippen LogP contribution in [0.4, 0.5) is 13.2 Å². The van der Waals surface area contributed by atoms with Crippen LogP contribution < -0.4 is 5.73 Å². The van der Waals surface area contributed by atoms with Gasteiger partial charge in [0.05, 0.1) is 11.0 Å². The van der Waals surface area contributed by atoms with Crippen LogP contribution in [0.3, 0.4) is 0 Å². The molecule has 0 amide bonds. The van der Waals surface area contributed by atoms with Crippen molar-refractivity contribution in [1.82, 2.24) is 9.97 Å². The lowest BCUT2D eigenvalue weighted by Gasteiger charge is -2.28. The quantitative estimate of drug-likeness (QED) is 0.447. The Hall–Kier alpha value is -2.18. The van der Waals surface area contributed by atoms with Crippen molar-refractivity contribution in [2.75, 3.05) is 11.5 Å². The minimum Gasteiger partial charge on any atom is -0.480 e. The second kappa shape index (κ2) is 7.44. The molecule has 2 unspecified atom stereocenters. The van der Waals surface area contributed by atoms with Gasteiger partial charge in [0.1, 0.15) is 11.9 Å². The molecule has 0 bridgehead atoms. The highest BCUT2D eigenvalue weighted by Gasteiger charge is 2.57. The van der Waals surface area contributed by atoms with Gasteiger partial charge in [-0.05, 0) is 18.6 Å². The molecule has 1 aromatic carbocycles. The van der Waals surface area contributed by atoms with E-state index in [1.807, 2.05) is 0 Å². The van der Waals surface area contributed by atoms with Crippen LogP contribution in [0.2, 0.25) is 0 Å². The zero-order valence-corrected chi connectivity index (χ0v) is 14.8. The first-order valence-corrected chi connectivity index (χ1v) is 9.72. The Morgan fingerprint density at radius 1 is 1.33 bits per heavy atom. The maximum absolute atomic E-state index is 13.6. The van der Waals surface area contributed by atoms with E-state index in [-0.39, 0.29) is 17.5 Å². The number of carbonyl (C=O) groups is 1. The highest BCUT2D eigenvalue weighted by Crippen LogP contribution is 2.41. The normalized spacial score (nSPS) is 18.0. The van der Waals surface area contributed by atoms with Crippen LogP contribution in [-0.4, -0.2) is 54.1 Å². The van der Waals surface area contributed by atoms with Crippen molar-refractivity contribution >= 4 is 26.7 Å². The van der Waals surface area contributed by atoms with E-state index in [0.29, 0.717) is 0 Å². The molecule has 150 valence electrons. The third-order valence-corrected chi connectivity index (χ3v) is 5.88. The Balaban J connectivity index is 2.23. The van der Waals surface area contributed by atoms with Gasteiger partial charge < -0.3 is 20.9 Å². The van der Waals surface area contributed by atoms with Gasteiger partial charge in [0.2, 0.25) is 5.60 Å². The summed E-state index contributed by atoms with van der Waals surface area (Å²) in [6.45, 7) is 0. The lowest BCUT2D eigenvalue weighted by atomic mass is 9.99. The third kappa shape index (κ3) is 4.76.